The smallest absolute Gasteiger partial charge is 0.192 e. The third-order valence-corrected chi connectivity index (χ3v) is 3.35. The Labute approximate surface area is 79.4 Å². The lowest BCUT2D eigenvalue weighted by molar-refractivity contribution is -0.294. The SMILES string of the molecule is CC(C)C1CCC(C)(O)C(O)(O)C1. The molecule has 13 heavy (non-hydrogen) atoms. The maximum absolute atomic E-state index is 9.70. The van der Waals surface area contributed by atoms with E-state index in [1.807, 2.05) is 0 Å². The van der Waals surface area contributed by atoms with Crippen molar-refractivity contribution >= 4 is 0 Å². The minimum absolute atomic E-state index is 0.275. The van der Waals surface area contributed by atoms with Crippen LogP contribution in [0.25, 0.3) is 0 Å². The second kappa shape index (κ2) is 3.23. The highest BCUT2D eigenvalue weighted by Crippen LogP contribution is 2.40. The van der Waals surface area contributed by atoms with Gasteiger partial charge in [-0.05, 0) is 31.6 Å². The Hall–Kier alpha value is -0.120. The van der Waals surface area contributed by atoms with E-state index in [4.69, 9.17) is 0 Å². The molecule has 0 bridgehead atoms. The molecule has 0 aromatic carbocycles. The molecule has 1 aliphatic carbocycles. The van der Waals surface area contributed by atoms with Crippen molar-refractivity contribution in [3.8, 4) is 0 Å². The molecule has 3 nitrogen and oxygen atoms in total. The van der Waals surface area contributed by atoms with Gasteiger partial charge in [-0.25, -0.2) is 0 Å². The van der Waals surface area contributed by atoms with Crippen molar-refractivity contribution < 1.29 is 15.3 Å². The molecule has 0 aliphatic heterocycles. The first-order valence-electron chi connectivity index (χ1n) is 4.93. The minimum atomic E-state index is -1.92. The normalized spacial score (nSPS) is 39.5. The molecule has 1 aliphatic rings. The molecule has 1 rings (SSSR count). The molecule has 0 aromatic rings. The van der Waals surface area contributed by atoms with Crippen LogP contribution in [0, 0.1) is 11.8 Å². The van der Waals surface area contributed by atoms with Gasteiger partial charge >= 0.3 is 0 Å². The predicted molar refractivity (Wildman–Crippen MR) is 50.0 cm³/mol. The second-order valence-electron chi connectivity index (χ2n) is 4.84. The first-order chi connectivity index (χ1) is 5.76. The van der Waals surface area contributed by atoms with Gasteiger partial charge in [0.15, 0.2) is 5.79 Å². The summed E-state index contributed by atoms with van der Waals surface area (Å²) in [4.78, 5) is 0. The lowest BCUT2D eigenvalue weighted by Gasteiger charge is -2.45. The average Bonchev–Trinajstić information content (AvgIpc) is 1.94. The zero-order valence-electron chi connectivity index (χ0n) is 8.62. The van der Waals surface area contributed by atoms with E-state index in [9.17, 15) is 15.3 Å². The monoisotopic (exact) mass is 188 g/mol. The van der Waals surface area contributed by atoms with E-state index in [2.05, 4.69) is 13.8 Å². The van der Waals surface area contributed by atoms with E-state index < -0.39 is 11.4 Å². The Morgan fingerprint density at radius 2 is 1.77 bits per heavy atom. The number of aliphatic hydroxyl groups is 3. The van der Waals surface area contributed by atoms with Gasteiger partial charge in [0.25, 0.3) is 0 Å². The van der Waals surface area contributed by atoms with Crippen LogP contribution in [0.15, 0.2) is 0 Å². The highest BCUT2D eigenvalue weighted by atomic mass is 16.5. The quantitative estimate of drug-likeness (QED) is 0.535. The third-order valence-electron chi connectivity index (χ3n) is 3.35. The summed E-state index contributed by atoms with van der Waals surface area (Å²) in [6.07, 6.45) is 1.61. The Morgan fingerprint density at radius 1 is 1.23 bits per heavy atom. The molecule has 0 radical (unpaired) electrons. The van der Waals surface area contributed by atoms with Gasteiger partial charge in [-0.2, -0.15) is 0 Å². The molecule has 0 spiro atoms. The van der Waals surface area contributed by atoms with Crippen molar-refractivity contribution in [3.63, 3.8) is 0 Å². The van der Waals surface area contributed by atoms with Crippen LogP contribution in [-0.4, -0.2) is 26.7 Å². The van der Waals surface area contributed by atoms with Crippen molar-refractivity contribution in [1.29, 1.82) is 0 Å². The summed E-state index contributed by atoms with van der Waals surface area (Å²) in [7, 11) is 0. The number of hydrogen-bond acceptors (Lipinski definition) is 3. The Bertz CT molecular complexity index is 185. The molecule has 0 aromatic heterocycles. The highest BCUT2D eigenvalue weighted by molar-refractivity contribution is 4.95. The maximum Gasteiger partial charge on any atom is 0.192 e. The van der Waals surface area contributed by atoms with Crippen LogP contribution < -0.4 is 0 Å². The van der Waals surface area contributed by atoms with Crippen LogP contribution >= 0.6 is 0 Å². The first-order valence-corrected chi connectivity index (χ1v) is 4.93. The van der Waals surface area contributed by atoms with Gasteiger partial charge in [0.1, 0.15) is 5.60 Å². The van der Waals surface area contributed by atoms with E-state index in [0.717, 1.165) is 6.42 Å². The summed E-state index contributed by atoms with van der Waals surface area (Å²) in [5, 5.41) is 29.0. The minimum Gasteiger partial charge on any atom is -0.385 e. The van der Waals surface area contributed by atoms with Gasteiger partial charge in [0.2, 0.25) is 0 Å². The van der Waals surface area contributed by atoms with Crippen LogP contribution in [0.5, 0.6) is 0 Å². The van der Waals surface area contributed by atoms with E-state index >= 15 is 0 Å². The largest absolute Gasteiger partial charge is 0.385 e. The van der Waals surface area contributed by atoms with Crippen molar-refractivity contribution in [3.05, 3.63) is 0 Å². The fourth-order valence-electron chi connectivity index (χ4n) is 1.92. The molecule has 0 amide bonds. The average molecular weight is 188 g/mol. The van der Waals surface area contributed by atoms with Crippen molar-refractivity contribution in [2.24, 2.45) is 11.8 Å². The molecule has 2 unspecified atom stereocenters. The van der Waals surface area contributed by atoms with Gasteiger partial charge in [-0.1, -0.05) is 13.8 Å². The van der Waals surface area contributed by atoms with Crippen molar-refractivity contribution in [2.45, 2.75) is 51.4 Å². The molecule has 1 fully saturated rings. The number of hydrogen-bond donors (Lipinski definition) is 3. The van der Waals surface area contributed by atoms with Gasteiger partial charge in [0.05, 0.1) is 0 Å². The summed E-state index contributed by atoms with van der Waals surface area (Å²) in [6, 6.07) is 0. The molecule has 0 heterocycles. The van der Waals surface area contributed by atoms with Crippen molar-refractivity contribution in [1.82, 2.24) is 0 Å². The molecule has 78 valence electrons. The predicted octanol–water partition coefficient (Wildman–Crippen LogP) is 0.874. The van der Waals surface area contributed by atoms with Crippen LogP contribution in [0.2, 0.25) is 0 Å². The standard InChI is InChI=1S/C10H20O3/c1-7(2)8-4-5-9(3,11)10(12,13)6-8/h7-8,11-13H,4-6H2,1-3H3. The van der Waals surface area contributed by atoms with E-state index in [-0.39, 0.29) is 6.42 Å². The molecule has 2 atom stereocenters. The van der Waals surface area contributed by atoms with Crippen molar-refractivity contribution in [2.75, 3.05) is 0 Å². The fourth-order valence-corrected chi connectivity index (χ4v) is 1.92. The zero-order valence-corrected chi connectivity index (χ0v) is 8.62. The van der Waals surface area contributed by atoms with E-state index in [1.165, 1.54) is 6.92 Å². The van der Waals surface area contributed by atoms with Gasteiger partial charge < -0.3 is 15.3 Å². The topological polar surface area (TPSA) is 60.7 Å². The Kier molecular flexibility index (Phi) is 2.72. The van der Waals surface area contributed by atoms with Crippen LogP contribution in [0.1, 0.15) is 40.0 Å². The van der Waals surface area contributed by atoms with Gasteiger partial charge in [-0.15, -0.1) is 0 Å². The fraction of sp³-hybridized carbons (Fsp3) is 1.00. The lowest BCUT2D eigenvalue weighted by Crippen LogP contribution is -2.56. The van der Waals surface area contributed by atoms with Crippen LogP contribution in [0.4, 0.5) is 0 Å². The van der Waals surface area contributed by atoms with E-state index in [1.54, 1.807) is 0 Å². The summed E-state index contributed by atoms with van der Waals surface area (Å²) >= 11 is 0. The summed E-state index contributed by atoms with van der Waals surface area (Å²) < 4.78 is 0. The molecule has 1 saturated carbocycles. The molecule has 3 N–H and O–H groups in total. The highest BCUT2D eigenvalue weighted by Gasteiger charge is 2.49. The van der Waals surface area contributed by atoms with Gasteiger partial charge in [-0.3, -0.25) is 0 Å². The third kappa shape index (κ3) is 2.03. The van der Waals surface area contributed by atoms with Crippen LogP contribution in [-0.2, 0) is 0 Å². The zero-order chi connectivity index (χ0) is 10.3. The second-order valence-corrected chi connectivity index (χ2v) is 4.84. The first kappa shape index (κ1) is 11.0. The Balaban J connectivity index is 2.71. The van der Waals surface area contributed by atoms with Crippen LogP contribution in [0.3, 0.4) is 0 Å². The lowest BCUT2D eigenvalue weighted by atomic mass is 9.71. The molecular weight excluding hydrogens is 168 g/mol. The molecule has 0 saturated heterocycles. The van der Waals surface area contributed by atoms with E-state index in [0.29, 0.717) is 18.3 Å². The summed E-state index contributed by atoms with van der Waals surface area (Å²) in [6.45, 7) is 5.63. The van der Waals surface area contributed by atoms with Gasteiger partial charge in [0, 0.05) is 6.42 Å². The molecular formula is C10H20O3. The summed E-state index contributed by atoms with van der Waals surface area (Å²) in [5.41, 5.74) is -1.35. The Morgan fingerprint density at radius 3 is 2.15 bits per heavy atom. The maximum atomic E-state index is 9.70. The number of rotatable bonds is 1. The summed E-state index contributed by atoms with van der Waals surface area (Å²) in [5.74, 6) is -1.18. The molecule has 3 heteroatoms.